The number of rotatable bonds is 18. The van der Waals surface area contributed by atoms with Gasteiger partial charge in [0.25, 0.3) is 0 Å². The monoisotopic (exact) mass is 581 g/mol. The maximum atomic E-state index is 5.79. The van der Waals surface area contributed by atoms with Crippen LogP contribution in [0.3, 0.4) is 0 Å². The summed E-state index contributed by atoms with van der Waals surface area (Å²) in [6.07, 6.45) is 18.1. The first kappa shape index (κ1) is 34.3. The number of aryl methyl sites for hydroxylation is 1. The molecular formula is C39H55N3O. The molecule has 0 fully saturated rings. The Hall–Kier alpha value is -3.24. The molecule has 1 aromatic carbocycles. The van der Waals surface area contributed by atoms with Gasteiger partial charge in [0, 0.05) is 47.6 Å². The summed E-state index contributed by atoms with van der Waals surface area (Å²) in [7, 11) is 1.76. The van der Waals surface area contributed by atoms with Crippen LogP contribution in [0.15, 0.2) is 72.9 Å². The molecule has 0 radical (unpaired) electrons. The van der Waals surface area contributed by atoms with Crippen LogP contribution in [0.1, 0.15) is 116 Å². The second kappa shape index (κ2) is 16.6. The molecule has 0 saturated carbocycles. The highest BCUT2D eigenvalue weighted by Gasteiger charge is 2.27. The molecule has 4 heteroatoms. The summed E-state index contributed by atoms with van der Waals surface area (Å²) in [5.74, 6) is 0. The van der Waals surface area contributed by atoms with E-state index in [2.05, 4.69) is 89.6 Å². The number of methoxy groups -OCH3 is 1. The lowest BCUT2D eigenvalue weighted by Gasteiger charge is -2.25. The van der Waals surface area contributed by atoms with E-state index in [0.29, 0.717) is 0 Å². The molecule has 1 unspecified atom stereocenters. The van der Waals surface area contributed by atoms with E-state index in [9.17, 15) is 0 Å². The molecule has 0 amide bonds. The molecular weight excluding hydrogens is 526 g/mol. The Labute approximate surface area is 261 Å². The van der Waals surface area contributed by atoms with Gasteiger partial charge in [-0.2, -0.15) is 0 Å². The number of nitrogens with zero attached hydrogens (tertiary/aromatic N) is 3. The number of aliphatic imine (C=N–C) groups is 1. The number of pyridine rings is 1. The molecule has 1 atom stereocenters. The van der Waals surface area contributed by atoms with E-state index in [0.717, 1.165) is 55.6 Å². The Morgan fingerprint density at radius 3 is 2.51 bits per heavy atom. The van der Waals surface area contributed by atoms with Crippen LogP contribution < -0.4 is 0 Å². The van der Waals surface area contributed by atoms with E-state index in [4.69, 9.17) is 14.7 Å². The topological polar surface area (TPSA) is 39.4 Å². The largest absolute Gasteiger partial charge is 0.375 e. The smallest absolute Gasteiger partial charge is 0.0969 e. The van der Waals surface area contributed by atoms with Crippen molar-refractivity contribution in [3.63, 3.8) is 0 Å². The SMILES string of the molecule is C=CCCCCCCC(C)=N/C(=C\C)c1ccc2c(c1)c(CC(C)(C)CCC=C)c(-c1cccnc1C(C)OC)n2CC. The average Bonchev–Trinajstić information content (AvgIpc) is 3.31. The van der Waals surface area contributed by atoms with Crippen LogP contribution in [0.5, 0.6) is 0 Å². The van der Waals surface area contributed by atoms with Gasteiger partial charge in [0.15, 0.2) is 0 Å². The highest BCUT2D eigenvalue weighted by molar-refractivity contribution is 5.95. The number of hydrogen-bond donors (Lipinski definition) is 0. The summed E-state index contributed by atoms with van der Waals surface area (Å²) in [4.78, 5) is 9.94. The number of hydrogen-bond acceptors (Lipinski definition) is 3. The summed E-state index contributed by atoms with van der Waals surface area (Å²) >= 11 is 0. The van der Waals surface area contributed by atoms with Crippen LogP contribution in [-0.4, -0.2) is 22.4 Å². The predicted molar refractivity (Wildman–Crippen MR) is 188 cm³/mol. The van der Waals surface area contributed by atoms with E-state index in [1.165, 1.54) is 59.1 Å². The van der Waals surface area contributed by atoms with Gasteiger partial charge in [-0.25, -0.2) is 0 Å². The van der Waals surface area contributed by atoms with Crippen LogP contribution in [-0.2, 0) is 17.7 Å². The van der Waals surface area contributed by atoms with Gasteiger partial charge in [-0.1, -0.05) is 51.0 Å². The third-order valence-electron chi connectivity index (χ3n) is 8.57. The summed E-state index contributed by atoms with van der Waals surface area (Å²) in [5.41, 5.74) is 9.53. The van der Waals surface area contributed by atoms with Crippen LogP contribution in [0, 0.1) is 5.41 Å². The van der Waals surface area contributed by atoms with Gasteiger partial charge >= 0.3 is 0 Å². The fourth-order valence-electron chi connectivity index (χ4n) is 6.09. The van der Waals surface area contributed by atoms with Crippen molar-refractivity contribution in [2.24, 2.45) is 10.4 Å². The van der Waals surface area contributed by atoms with E-state index < -0.39 is 0 Å². The minimum atomic E-state index is -0.106. The van der Waals surface area contributed by atoms with Gasteiger partial charge in [-0.15, -0.1) is 13.2 Å². The Bertz CT molecular complexity index is 1420. The maximum Gasteiger partial charge on any atom is 0.0969 e. The van der Waals surface area contributed by atoms with Gasteiger partial charge in [0.2, 0.25) is 0 Å². The molecule has 3 aromatic rings. The molecule has 232 valence electrons. The molecule has 0 N–H and O–H groups in total. The van der Waals surface area contributed by atoms with Crippen molar-refractivity contribution in [3.05, 3.63) is 84.7 Å². The maximum absolute atomic E-state index is 5.79. The highest BCUT2D eigenvalue weighted by atomic mass is 16.5. The van der Waals surface area contributed by atoms with Crippen molar-refractivity contribution < 1.29 is 4.74 Å². The molecule has 4 nitrogen and oxygen atoms in total. The lowest BCUT2D eigenvalue weighted by molar-refractivity contribution is 0.116. The third kappa shape index (κ3) is 8.89. The fraction of sp³-hybridized carbons (Fsp3) is 0.487. The second-order valence-electron chi connectivity index (χ2n) is 12.5. The lowest BCUT2D eigenvalue weighted by Crippen LogP contribution is -2.16. The zero-order valence-corrected chi connectivity index (χ0v) is 28.0. The molecule has 0 bridgehead atoms. The van der Waals surface area contributed by atoms with Crippen LogP contribution in [0.4, 0.5) is 0 Å². The number of benzene rings is 1. The molecule has 0 aliphatic rings. The Morgan fingerprint density at radius 1 is 1.09 bits per heavy atom. The molecule has 2 aromatic heterocycles. The van der Waals surface area contributed by atoms with Gasteiger partial charge in [-0.3, -0.25) is 9.98 Å². The van der Waals surface area contributed by atoms with Crippen LogP contribution in [0.2, 0.25) is 0 Å². The van der Waals surface area contributed by atoms with Crippen molar-refractivity contribution in [2.75, 3.05) is 7.11 Å². The van der Waals surface area contributed by atoms with E-state index in [1.54, 1.807) is 7.11 Å². The zero-order chi connectivity index (χ0) is 31.4. The standard InChI is InChI=1S/C39H55N3O/c1-10-14-16-17-18-19-21-29(5)41-35(12-3)31-23-24-36-33(27-31)34(28-39(7,8)25-15-11-2)38(42(36)13-4)32-22-20-26-40-37(32)30(6)43-9/h10-12,20,22-24,26-27,30H,1-2,13-19,21,25,28H2,3-9H3/b35-12-,41-29?. The summed E-state index contributed by atoms with van der Waals surface area (Å²) in [6.45, 7) is 22.0. The molecule has 0 saturated heterocycles. The molecule has 3 rings (SSSR count). The molecule has 0 aliphatic heterocycles. The Kier molecular flexibility index (Phi) is 13.2. The number of aromatic nitrogens is 2. The average molecular weight is 582 g/mol. The first-order valence-corrected chi connectivity index (χ1v) is 16.3. The van der Waals surface area contributed by atoms with Gasteiger partial charge < -0.3 is 9.30 Å². The number of unbranched alkanes of at least 4 members (excludes halogenated alkanes) is 4. The molecule has 2 heterocycles. The van der Waals surface area contributed by atoms with Gasteiger partial charge in [0.1, 0.15) is 0 Å². The van der Waals surface area contributed by atoms with Crippen LogP contribution in [0.25, 0.3) is 27.9 Å². The second-order valence-corrected chi connectivity index (χ2v) is 12.5. The molecule has 0 aliphatic carbocycles. The Balaban J connectivity index is 2.14. The van der Waals surface area contributed by atoms with E-state index in [1.807, 2.05) is 24.4 Å². The highest BCUT2D eigenvalue weighted by Crippen LogP contribution is 2.42. The number of fused-ring (bicyclic) bond motifs is 1. The van der Waals surface area contributed by atoms with Crippen molar-refractivity contribution in [1.29, 1.82) is 0 Å². The number of ether oxygens (including phenoxy) is 1. The quantitative estimate of drug-likeness (QED) is 0.0851. The lowest BCUT2D eigenvalue weighted by atomic mass is 9.80. The molecule has 43 heavy (non-hydrogen) atoms. The zero-order valence-electron chi connectivity index (χ0n) is 28.0. The summed E-state index contributed by atoms with van der Waals surface area (Å²) < 4.78 is 8.25. The van der Waals surface area contributed by atoms with Gasteiger partial charge in [0.05, 0.1) is 23.2 Å². The minimum Gasteiger partial charge on any atom is -0.375 e. The van der Waals surface area contributed by atoms with Crippen molar-refractivity contribution in [2.45, 2.75) is 112 Å². The first-order chi connectivity index (χ1) is 20.7. The normalized spacial score (nSPS) is 13.5. The molecule has 0 spiro atoms. The van der Waals surface area contributed by atoms with Crippen molar-refractivity contribution in [1.82, 2.24) is 9.55 Å². The predicted octanol–water partition coefficient (Wildman–Crippen LogP) is 11.3. The van der Waals surface area contributed by atoms with Crippen molar-refractivity contribution >= 4 is 22.3 Å². The van der Waals surface area contributed by atoms with E-state index >= 15 is 0 Å². The van der Waals surface area contributed by atoms with Crippen molar-refractivity contribution in [3.8, 4) is 11.3 Å². The third-order valence-corrected chi connectivity index (χ3v) is 8.57. The Morgan fingerprint density at radius 2 is 1.84 bits per heavy atom. The fourth-order valence-corrected chi connectivity index (χ4v) is 6.09. The van der Waals surface area contributed by atoms with Gasteiger partial charge in [-0.05, 0) is 108 Å². The summed E-state index contributed by atoms with van der Waals surface area (Å²) in [6, 6.07) is 11.2. The van der Waals surface area contributed by atoms with Crippen LogP contribution >= 0.6 is 0 Å². The summed E-state index contributed by atoms with van der Waals surface area (Å²) in [5, 5.41) is 1.30. The number of allylic oxidation sites excluding steroid dienone is 3. The first-order valence-electron chi connectivity index (χ1n) is 16.3. The minimum absolute atomic E-state index is 0.102. The van der Waals surface area contributed by atoms with E-state index in [-0.39, 0.29) is 11.5 Å².